The molecule has 0 saturated carbocycles. The summed E-state index contributed by atoms with van der Waals surface area (Å²) in [5.41, 5.74) is 10.2. The van der Waals surface area contributed by atoms with Crippen LogP contribution in [-0.2, 0) is 9.53 Å². The minimum Gasteiger partial charge on any atom is -0.474 e. The van der Waals surface area contributed by atoms with Gasteiger partial charge in [-0.15, -0.1) is 0 Å². The van der Waals surface area contributed by atoms with Gasteiger partial charge in [0.05, 0.1) is 10.6 Å². The molecular formula is C17H26BrN3O4. The molecule has 0 spiro atoms. The van der Waals surface area contributed by atoms with Gasteiger partial charge in [-0.2, -0.15) is 0 Å². The van der Waals surface area contributed by atoms with Crippen LogP contribution in [0, 0.1) is 5.92 Å². The van der Waals surface area contributed by atoms with Crippen molar-refractivity contribution in [1.82, 2.24) is 4.98 Å². The Morgan fingerprint density at radius 1 is 1.40 bits per heavy atom. The van der Waals surface area contributed by atoms with E-state index in [4.69, 9.17) is 20.9 Å². The smallest absolute Gasteiger partial charge is 0.267 e. The number of hydrogen-bond donors (Lipinski definition) is 2. The summed E-state index contributed by atoms with van der Waals surface area (Å²) < 4.78 is 11.6. The lowest BCUT2D eigenvalue weighted by Crippen LogP contribution is -2.18. The summed E-state index contributed by atoms with van der Waals surface area (Å²) in [6.45, 7) is 5.36. The Morgan fingerprint density at radius 2 is 2.12 bits per heavy atom. The maximum atomic E-state index is 11.0. The number of aromatic nitrogens is 1. The highest BCUT2D eigenvalue weighted by atomic mass is 79.9. The molecule has 1 fully saturated rings. The second kappa shape index (κ2) is 11.0. The number of carbonyl (C=O) groups excluding carboxylic acids is 2. The van der Waals surface area contributed by atoms with Gasteiger partial charge < -0.3 is 20.9 Å². The van der Waals surface area contributed by atoms with Crippen molar-refractivity contribution >= 4 is 27.7 Å². The van der Waals surface area contributed by atoms with Crippen molar-refractivity contribution in [3.05, 3.63) is 22.3 Å². The number of nitrogens with two attached hydrogens (primary N) is 2. The zero-order valence-corrected chi connectivity index (χ0v) is 16.3. The summed E-state index contributed by atoms with van der Waals surface area (Å²) in [6, 6.07) is 3.24. The van der Waals surface area contributed by atoms with Crippen molar-refractivity contribution in [3.63, 3.8) is 0 Å². The van der Waals surface area contributed by atoms with E-state index in [-0.39, 0.29) is 17.7 Å². The van der Waals surface area contributed by atoms with Crippen molar-refractivity contribution in [2.45, 2.75) is 45.6 Å². The third-order valence-electron chi connectivity index (χ3n) is 3.46. The van der Waals surface area contributed by atoms with E-state index in [0.29, 0.717) is 29.3 Å². The van der Waals surface area contributed by atoms with E-state index < -0.39 is 5.91 Å². The molecule has 2 heterocycles. The Morgan fingerprint density at radius 3 is 2.60 bits per heavy atom. The molecule has 1 aromatic heterocycles. The van der Waals surface area contributed by atoms with E-state index in [0.717, 1.165) is 25.9 Å². The van der Waals surface area contributed by atoms with E-state index in [9.17, 15) is 9.59 Å². The molecular weight excluding hydrogens is 390 g/mol. The monoisotopic (exact) mass is 415 g/mol. The number of carbonyl (C=O) groups is 2. The van der Waals surface area contributed by atoms with E-state index in [1.165, 1.54) is 0 Å². The lowest BCUT2D eigenvalue weighted by molar-refractivity contribution is -0.118. The molecule has 2 amide bonds. The molecule has 0 bridgehead atoms. The predicted molar refractivity (Wildman–Crippen MR) is 98.2 cm³/mol. The highest BCUT2D eigenvalue weighted by molar-refractivity contribution is 9.10. The number of halogens is 1. The standard InChI is InChI=1S/C11H13BrN2O3.C6H13NO/c12-8-3-4-9(10(13)15)14-11(8)17-6-7-2-1-5-16-7;1-5(2)3-4-6(7)8/h3-4,7H,1-2,5-6H2,(H2,13,15);5H,3-4H2,1-2H3,(H2,7,8). The molecule has 8 heteroatoms. The summed E-state index contributed by atoms with van der Waals surface area (Å²) in [5.74, 6) is 0.192. The van der Waals surface area contributed by atoms with Gasteiger partial charge in [0.2, 0.25) is 11.8 Å². The fourth-order valence-electron chi connectivity index (χ4n) is 2.04. The normalized spacial score (nSPS) is 16.2. The van der Waals surface area contributed by atoms with Crippen molar-refractivity contribution in [1.29, 1.82) is 0 Å². The van der Waals surface area contributed by atoms with E-state index >= 15 is 0 Å². The molecule has 1 aliphatic heterocycles. The molecule has 1 aromatic rings. The van der Waals surface area contributed by atoms with Crippen LogP contribution in [0.2, 0.25) is 0 Å². The Hall–Kier alpha value is -1.67. The fourth-order valence-corrected chi connectivity index (χ4v) is 2.38. The highest BCUT2D eigenvalue weighted by Gasteiger charge is 2.17. The number of hydrogen-bond acceptors (Lipinski definition) is 5. The number of primary amides is 2. The third-order valence-corrected chi connectivity index (χ3v) is 4.07. The van der Waals surface area contributed by atoms with Crippen LogP contribution in [0.3, 0.4) is 0 Å². The first kappa shape index (κ1) is 21.4. The molecule has 1 atom stereocenters. The van der Waals surface area contributed by atoms with Crippen molar-refractivity contribution in [3.8, 4) is 5.88 Å². The summed E-state index contributed by atoms with van der Waals surface area (Å²) in [6.07, 6.45) is 3.60. The molecule has 2 rings (SSSR count). The lowest BCUT2D eigenvalue weighted by atomic mass is 10.1. The SMILES string of the molecule is CC(C)CCC(N)=O.NC(=O)c1ccc(Br)c(OCC2CCCO2)n1. The van der Waals surface area contributed by atoms with Gasteiger partial charge >= 0.3 is 0 Å². The Labute approximate surface area is 156 Å². The van der Waals surface area contributed by atoms with Crippen LogP contribution in [0.25, 0.3) is 0 Å². The lowest BCUT2D eigenvalue weighted by Gasteiger charge is -2.12. The van der Waals surface area contributed by atoms with Crippen LogP contribution in [-0.4, -0.2) is 36.1 Å². The summed E-state index contributed by atoms with van der Waals surface area (Å²) >= 11 is 3.31. The maximum Gasteiger partial charge on any atom is 0.267 e. The van der Waals surface area contributed by atoms with Crippen LogP contribution in [0.15, 0.2) is 16.6 Å². The van der Waals surface area contributed by atoms with Gasteiger partial charge in [-0.3, -0.25) is 9.59 Å². The molecule has 0 radical (unpaired) electrons. The Bertz CT molecular complexity index is 575. The first-order valence-corrected chi connectivity index (χ1v) is 9.08. The van der Waals surface area contributed by atoms with Crippen molar-refractivity contribution in [2.75, 3.05) is 13.2 Å². The first-order valence-electron chi connectivity index (χ1n) is 8.28. The van der Waals surface area contributed by atoms with Gasteiger partial charge in [-0.05, 0) is 53.2 Å². The minimum absolute atomic E-state index is 0.112. The van der Waals surface area contributed by atoms with Gasteiger partial charge in [0.25, 0.3) is 5.91 Å². The summed E-state index contributed by atoms with van der Waals surface area (Å²) in [4.78, 5) is 25.1. The quantitative estimate of drug-likeness (QED) is 0.708. The van der Waals surface area contributed by atoms with Gasteiger partial charge in [0.15, 0.2) is 0 Å². The fraction of sp³-hybridized carbons (Fsp3) is 0.588. The average Bonchev–Trinajstić information content (AvgIpc) is 3.06. The zero-order valence-electron chi connectivity index (χ0n) is 14.7. The molecule has 0 aliphatic carbocycles. The van der Waals surface area contributed by atoms with Crippen molar-refractivity contribution < 1.29 is 19.1 Å². The number of amides is 2. The Balaban J connectivity index is 0.000000333. The maximum absolute atomic E-state index is 11.0. The van der Waals surface area contributed by atoms with Gasteiger partial charge in [-0.1, -0.05) is 13.8 Å². The first-order chi connectivity index (χ1) is 11.8. The van der Waals surface area contributed by atoms with E-state index in [1.54, 1.807) is 12.1 Å². The second-order valence-corrected chi connectivity index (χ2v) is 7.05. The van der Waals surface area contributed by atoms with Gasteiger partial charge in [-0.25, -0.2) is 4.98 Å². The predicted octanol–water partition coefficient (Wildman–Crippen LogP) is 2.41. The van der Waals surface area contributed by atoms with E-state index in [1.807, 2.05) is 0 Å². The molecule has 1 unspecified atom stereocenters. The molecule has 7 nitrogen and oxygen atoms in total. The zero-order chi connectivity index (χ0) is 18.8. The molecule has 1 saturated heterocycles. The molecule has 4 N–H and O–H groups in total. The topological polar surface area (TPSA) is 118 Å². The van der Waals surface area contributed by atoms with Crippen molar-refractivity contribution in [2.24, 2.45) is 17.4 Å². The second-order valence-electron chi connectivity index (χ2n) is 6.19. The number of pyridine rings is 1. The number of rotatable bonds is 7. The average molecular weight is 416 g/mol. The van der Waals surface area contributed by atoms with Crippen LogP contribution in [0.5, 0.6) is 5.88 Å². The Kier molecular flexibility index (Phi) is 9.44. The highest BCUT2D eigenvalue weighted by Crippen LogP contribution is 2.23. The van der Waals surface area contributed by atoms with Crippen LogP contribution in [0.1, 0.15) is 50.0 Å². The van der Waals surface area contributed by atoms with E-state index in [2.05, 4.69) is 34.8 Å². The summed E-state index contributed by atoms with van der Waals surface area (Å²) in [7, 11) is 0. The third kappa shape index (κ3) is 8.83. The van der Waals surface area contributed by atoms with Crippen LogP contribution >= 0.6 is 15.9 Å². The molecule has 25 heavy (non-hydrogen) atoms. The van der Waals surface area contributed by atoms with Gasteiger partial charge in [0.1, 0.15) is 12.3 Å². The minimum atomic E-state index is -0.570. The number of nitrogens with zero attached hydrogens (tertiary/aromatic N) is 1. The number of ether oxygens (including phenoxy) is 2. The molecule has 1 aliphatic rings. The molecule has 0 aromatic carbocycles. The van der Waals surface area contributed by atoms with Crippen LogP contribution < -0.4 is 16.2 Å². The largest absolute Gasteiger partial charge is 0.474 e. The summed E-state index contributed by atoms with van der Waals surface area (Å²) in [5, 5.41) is 0. The van der Waals surface area contributed by atoms with Crippen LogP contribution in [0.4, 0.5) is 0 Å². The van der Waals surface area contributed by atoms with Gasteiger partial charge in [0, 0.05) is 13.0 Å². The molecule has 140 valence electrons.